The highest BCUT2D eigenvalue weighted by atomic mass is 32.2. The number of sulfone groups is 1. The van der Waals surface area contributed by atoms with Crippen molar-refractivity contribution >= 4 is 15.5 Å². The molecule has 0 spiro atoms. The Morgan fingerprint density at radius 1 is 1.35 bits per heavy atom. The van der Waals surface area contributed by atoms with E-state index in [9.17, 15) is 8.42 Å². The van der Waals surface area contributed by atoms with Crippen LogP contribution in [0, 0.1) is 6.92 Å². The van der Waals surface area contributed by atoms with Crippen LogP contribution in [0.15, 0.2) is 24.3 Å². The molecular formula is C12H18N2O2S. The van der Waals surface area contributed by atoms with Crippen LogP contribution >= 0.6 is 0 Å². The first-order valence-electron chi connectivity index (χ1n) is 5.70. The van der Waals surface area contributed by atoms with E-state index in [4.69, 9.17) is 5.73 Å². The number of hydrogen-bond acceptors (Lipinski definition) is 4. The number of aryl methyl sites for hydroxylation is 1. The van der Waals surface area contributed by atoms with Crippen LogP contribution in [0.1, 0.15) is 12.0 Å². The number of hydrogen-bond donors (Lipinski definition) is 2. The second kappa shape index (κ2) is 4.31. The van der Waals surface area contributed by atoms with Crippen molar-refractivity contribution in [3.05, 3.63) is 29.8 Å². The number of rotatable bonds is 3. The quantitative estimate of drug-likeness (QED) is 0.841. The van der Waals surface area contributed by atoms with E-state index < -0.39 is 15.4 Å². The Morgan fingerprint density at radius 2 is 2.00 bits per heavy atom. The van der Waals surface area contributed by atoms with Gasteiger partial charge >= 0.3 is 0 Å². The van der Waals surface area contributed by atoms with Gasteiger partial charge in [0.25, 0.3) is 0 Å². The molecule has 1 fully saturated rings. The zero-order chi connectivity index (χ0) is 12.5. The molecule has 1 aromatic carbocycles. The lowest BCUT2D eigenvalue weighted by Gasteiger charge is -2.28. The maximum Gasteiger partial charge on any atom is 0.152 e. The maximum atomic E-state index is 11.6. The summed E-state index contributed by atoms with van der Waals surface area (Å²) in [4.78, 5) is 0. The minimum absolute atomic E-state index is 0.129. The third kappa shape index (κ3) is 2.79. The molecule has 5 heteroatoms. The minimum atomic E-state index is -2.94. The summed E-state index contributed by atoms with van der Waals surface area (Å²) in [7, 11) is -2.94. The summed E-state index contributed by atoms with van der Waals surface area (Å²) in [6.07, 6.45) is 0.583. The van der Waals surface area contributed by atoms with Crippen LogP contribution < -0.4 is 11.1 Å². The first kappa shape index (κ1) is 12.4. The van der Waals surface area contributed by atoms with Gasteiger partial charge in [-0.25, -0.2) is 8.42 Å². The van der Waals surface area contributed by atoms with Gasteiger partial charge < -0.3 is 11.1 Å². The summed E-state index contributed by atoms with van der Waals surface area (Å²) >= 11 is 0. The molecule has 3 N–H and O–H groups in total. The van der Waals surface area contributed by atoms with Gasteiger partial charge in [-0.05, 0) is 25.5 Å². The fourth-order valence-corrected chi connectivity index (χ4v) is 4.19. The molecule has 94 valence electrons. The summed E-state index contributed by atoms with van der Waals surface area (Å²) in [5.74, 6) is 0.355. The van der Waals surface area contributed by atoms with Gasteiger partial charge in [0.05, 0.1) is 17.0 Å². The monoisotopic (exact) mass is 254 g/mol. The van der Waals surface area contributed by atoms with Crippen molar-refractivity contribution in [3.8, 4) is 0 Å². The fraction of sp³-hybridized carbons (Fsp3) is 0.500. The lowest BCUT2D eigenvalue weighted by Crippen LogP contribution is -2.46. The van der Waals surface area contributed by atoms with E-state index in [1.54, 1.807) is 0 Å². The van der Waals surface area contributed by atoms with Crippen LogP contribution in [-0.4, -0.2) is 32.0 Å². The molecule has 1 aliphatic heterocycles. The molecule has 0 aliphatic carbocycles. The van der Waals surface area contributed by atoms with E-state index in [0.717, 1.165) is 5.69 Å². The molecule has 1 aliphatic rings. The van der Waals surface area contributed by atoms with E-state index in [-0.39, 0.29) is 11.5 Å². The highest BCUT2D eigenvalue weighted by molar-refractivity contribution is 7.91. The van der Waals surface area contributed by atoms with Crippen LogP contribution in [0.4, 0.5) is 5.69 Å². The number of anilines is 1. The highest BCUT2D eigenvalue weighted by Crippen LogP contribution is 2.27. The number of nitrogens with one attached hydrogen (secondary N) is 1. The zero-order valence-electron chi connectivity index (χ0n) is 9.94. The SMILES string of the molecule is Cc1ccc(NC2(CN)CCS(=O)(=O)C2)cc1. The minimum Gasteiger partial charge on any atom is -0.377 e. The third-order valence-corrected chi connectivity index (χ3v) is 5.06. The van der Waals surface area contributed by atoms with Crippen molar-refractivity contribution in [2.75, 3.05) is 23.4 Å². The first-order chi connectivity index (χ1) is 7.95. The molecule has 1 aromatic rings. The molecule has 0 radical (unpaired) electrons. The van der Waals surface area contributed by atoms with E-state index in [0.29, 0.717) is 13.0 Å². The Bertz CT molecular complexity index is 496. The van der Waals surface area contributed by atoms with Gasteiger partial charge in [0.1, 0.15) is 0 Å². The van der Waals surface area contributed by atoms with Crippen molar-refractivity contribution in [3.63, 3.8) is 0 Å². The first-order valence-corrected chi connectivity index (χ1v) is 7.52. The molecule has 4 nitrogen and oxygen atoms in total. The summed E-state index contributed by atoms with van der Waals surface area (Å²) in [6, 6.07) is 7.90. The van der Waals surface area contributed by atoms with Gasteiger partial charge in [-0.1, -0.05) is 17.7 Å². The molecule has 0 bridgehead atoms. The molecular weight excluding hydrogens is 236 g/mol. The van der Waals surface area contributed by atoms with Gasteiger partial charge in [-0.2, -0.15) is 0 Å². The van der Waals surface area contributed by atoms with E-state index in [1.807, 2.05) is 31.2 Å². The second-order valence-electron chi connectivity index (χ2n) is 4.82. The molecule has 2 rings (SSSR count). The summed E-state index contributed by atoms with van der Waals surface area (Å²) in [5, 5.41) is 3.28. The van der Waals surface area contributed by atoms with Crippen molar-refractivity contribution in [1.82, 2.24) is 0 Å². The Hall–Kier alpha value is -1.07. The molecule has 0 amide bonds. The van der Waals surface area contributed by atoms with Gasteiger partial charge in [0.15, 0.2) is 9.84 Å². The van der Waals surface area contributed by atoms with Crippen LogP contribution in [-0.2, 0) is 9.84 Å². The predicted octanol–water partition coefficient (Wildman–Crippen LogP) is 0.923. The standard InChI is InChI=1S/C12H18N2O2S/c1-10-2-4-11(5-3-10)14-12(8-13)6-7-17(15,16)9-12/h2-5,14H,6-9,13H2,1H3. The average Bonchev–Trinajstić information content (AvgIpc) is 2.59. The second-order valence-corrected chi connectivity index (χ2v) is 7.00. The van der Waals surface area contributed by atoms with Crippen molar-refractivity contribution in [1.29, 1.82) is 0 Å². The molecule has 1 atom stereocenters. The van der Waals surface area contributed by atoms with Crippen molar-refractivity contribution in [2.24, 2.45) is 5.73 Å². The smallest absolute Gasteiger partial charge is 0.152 e. The summed E-state index contributed by atoms with van der Waals surface area (Å²) in [6.45, 7) is 2.35. The Balaban J connectivity index is 2.18. The molecule has 17 heavy (non-hydrogen) atoms. The predicted molar refractivity (Wildman–Crippen MR) is 69.9 cm³/mol. The third-order valence-electron chi connectivity index (χ3n) is 3.24. The van der Waals surface area contributed by atoms with Crippen LogP contribution in [0.2, 0.25) is 0 Å². The fourth-order valence-electron chi connectivity index (χ4n) is 2.17. The lowest BCUT2D eigenvalue weighted by atomic mass is 9.98. The van der Waals surface area contributed by atoms with E-state index >= 15 is 0 Å². The van der Waals surface area contributed by atoms with Crippen LogP contribution in [0.25, 0.3) is 0 Å². The van der Waals surface area contributed by atoms with Crippen LogP contribution in [0.5, 0.6) is 0 Å². The Kier molecular flexibility index (Phi) is 3.14. The zero-order valence-corrected chi connectivity index (χ0v) is 10.8. The Labute approximate surface area is 102 Å². The molecule has 0 aromatic heterocycles. The van der Waals surface area contributed by atoms with Crippen molar-refractivity contribution in [2.45, 2.75) is 18.9 Å². The average molecular weight is 254 g/mol. The van der Waals surface area contributed by atoms with Crippen molar-refractivity contribution < 1.29 is 8.42 Å². The number of nitrogens with two attached hydrogens (primary N) is 1. The van der Waals surface area contributed by atoms with Gasteiger partial charge in [0, 0.05) is 12.2 Å². The van der Waals surface area contributed by atoms with E-state index in [2.05, 4.69) is 5.32 Å². The summed E-state index contributed by atoms with van der Waals surface area (Å²) < 4.78 is 23.1. The van der Waals surface area contributed by atoms with Gasteiger partial charge in [0.2, 0.25) is 0 Å². The van der Waals surface area contributed by atoms with E-state index in [1.165, 1.54) is 5.56 Å². The maximum absolute atomic E-state index is 11.6. The van der Waals surface area contributed by atoms with Crippen LogP contribution in [0.3, 0.4) is 0 Å². The Morgan fingerprint density at radius 3 is 2.47 bits per heavy atom. The molecule has 1 unspecified atom stereocenters. The lowest BCUT2D eigenvalue weighted by molar-refractivity contribution is 0.534. The van der Waals surface area contributed by atoms with Gasteiger partial charge in [-0.15, -0.1) is 0 Å². The largest absolute Gasteiger partial charge is 0.377 e. The molecule has 0 saturated carbocycles. The molecule has 1 saturated heterocycles. The van der Waals surface area contributed by atoms with Gasteiger partial charge in [-0.3, -0.25) is 0 Å². The topological polar surface area (TPSA) is 72.2 Å². The highest BCUT2D eigenvalue weighted by Gasteiger charge is 2.41. The summed E-state index contributed by atoms with van der Waals surface area (Å²) in [5.41, 5.74) is 7.35. The number of benzene rings is 1. The molecule has 1 heterocycles. The normalized spacial score (nSPS) is 26.9.